The van der Waals surface area contributed by atoms with Gasteiger partial charge in [-0.05, 0) is 60.5 Å². The Kier molecular flexibility index (Phi) is 3.46. The predicted octanol–water partition coefficient (Wildman–Crippen LogP) is 2.20. The van der Waals surface area contributed by atoms with Gasteiger partial charge in [-0.25, -0.2) is 14.3 Å². The van der Waals surface area contributed by atoms with Crippen LogP contribution in [0.5, 0.6) is 5.75 Å². The Balaban J connectivity index is 1.69. The summed E-state index contributed by atoms with van der Waals surface area (Å²) in [4.78, 5) is 8.99. The van der Waals surface area contributed by atoms with Crippen LogP contribution in [-0.2, 0) is 0 Å². The van der Waals surface area contributed by atoms with E-state index in [1.165, 1.54) is 11.0 Å². The number of tetrazole rings is 1. The summed E-state index contributed by atoms with van der Waals surface area (Å²) in [6, 6.07) is 8.98. The van der Waals surface area contributed by atoms with Crippen LogP contribution in [-0.4, -0.2) is 45.1 Å². The van der Waals surface area contributed by atoms with Gasteiger partial charge in [0.05, 0.1) is 16.9 Å². The number of aromatic nitrogens is 8. The van der Waals surface area contributed by atoms with Crippen LogP contribution < -0.4 is 0 Å². The molecule has 3 aromatic heterocycles. The van der Waals surface area contributed by atoms with Crippen LogP contribution in [0, 0.1) is 6.92 Å². The fourth-order valence-electron chi connectivity index (χ4n) is 2.98. The molecule has 1 aliphatic carbocycles. The van der Waals surface area contributed by atoms with E-state index in [0.29, 0.717) is 17.3 Å². The number of phenolic OH excluding ortho intramolecular Hbond substituents is 1. The highest BCUT2D eigenvalue weighted by molar-refractivity contribution is 5.68. The van der Waals surface area contributed by atoms with Gasteiger partial charge >= 0.3 is 0 Å². The molecule has 1 saturated carbocycles. The van der Waals surface area contributed by atoms with Crippen molar-refractivity contribution < 1.29 is 5.11 Å². The molecule has 9 nitrogen and oxygen atoms in total. The van der Waals surface area contributed by atoms with E-state index in [9.17, 15) is 5.11 Å². The van der Waals surface area contributed by atoms with Crippen LogP contribution in [0.3, 0.4) is 0 Å². The molecule has 0 atom stereocenters. The quantitative estimate of drug-likeness (QED) is 0.594. The normalized spacial score (nSPS) is 13.8. The van der Waals surface area contributed by atoms with Crippen molar-refractivity contribution >= 4 is 0 Å². The Morgan fingerprint density at radius 1 is 1.11 bits per heavy atom. The molecule has 4 aromatic rings. The molecule has 0 bridgehead atoms. The third-order valence-corrected chi connectivity index (χ3v) is 4.53. The van der Waals surface area contributed by atoms with Crippen molar-refractivity contribution in [3.8, 4) is 28.5 Å². The summed E-state index contributed by atoms with van der Waals surface area (Å²) >= 11 is 0. The molecule has 0 radical (unpaired) electrons. The van der Waals surface area contributed by atoms with Crippen LogP contribution >= 0.6 is 0 Å². The van der Waals surface area contributed by atoms with Crippen LogP contribution in [0.25, 0.3) is 22.8 Å². The van der Waals surface area contributed by atoms with Gasteiger partial charge < -0.3 is 5.11 Å². The highest BCUT2D eigenvalue weighted by Crippen LogP contribution is 2.40. The van der Waals surface area contributed by atoms with E-state index >= 15 is 0 Å². The number of aromatic hydroxyl groups is 1. The lowest BCUT2D eigenvalue weighted by atomic mass is 10.1. The van der Waals surface area contributed by atoms with E-state index in [4.69, 9.17) is 10.1 Å². The highest BCUT2D eigenvalue weighted by atomic mass is 16.3. The maximum atomic E-state index is 10.5. The largest absolute Gasteiger partial charge is 0.507 e. The van der Waals surface area contributed by atoms with Crippen LogP contribution in [0.2, 0.25) is 0 Å². The first-order chi connectivity index (χ1) is 13.2. The van der Waals surface area contributed by atoms with E-state index in [1.54, 1.807) is 29.1 Å². The second kappa shape index (κ2) is 5.97. The first kappa shape index (κ1) is 15.6. The van der Waals surface area contributed by atoms with E-state index in [1.807, 2.05) is 19.1 Å². The molecule has 0 spiro atoms. The number of benzene rings is 1. The molecular formula is C18H16N8O. The van der Waals surface area contributed by atoms with Crippen molar-refractivity contribution in [2.24, 2.45) is 0 Å². The molecule has 1 N–H and O–H groups in total. The fraction of sp³-hybridized carbons (Fsp3) is 0.222. The minimum absolute atomic E-state index is 0.119. The minimum atomic E-state index is 0.119. The maximum absolute atomic E-state index is 10.5. The standard InChI is InChI=1S/C18H16N8O/c1-11-8-14(6-7-19-11)26-18(21-17(22-26)12-2-3-12)15-9-13(4-5-16(15)27)25-10-20-23-24-25/h4-10,12,27H,2-3H2,1H3. The predicted molar refractivity (Wildman–Crippen MR) is 95.7 cm³/mol. The average Bonchev–Trinajstić information content (AvgIpc) is 3.19. The molecule has 27 heavy (non-hydrogen) atoms. The van der Waals surface area contributed by atoms with Crippen molar-refractivity contribution in [3.63, 3.8) is 0 Å². The lowest BCUT2D eigenvalue weighted by Crippen LogP contribution is -2.02. The Morgan fingerprint density at radius 2 is 2.00 bits per heavy atom. The van der Waals surface area contributed by atoms with Gasteiger partial charge in [0.25, 0.3) is 0 Å². The third-order valence-electron chi connectivity index (χ3n) is 4.53. The second-order valence-electron chi connectivity index (χ2n) is 6.59. The minimum Gasteiger partial charge on any atom is -0.507 e. The van der Waals surface area contributed by atoms with Gasteiger partial charge in [-0.3, -0.25) is 4.98 Å². The Bertz CT molecular complexity index is 1110. The van der Waals surface area contributed by atoms with Crippen LogP contribution in [0.1, 0.15) is 30.3 Å². The third kappa shape index (κ3) is 2.82. The molecule has 0 unspecified atom stereocenters. The summed E-state index contributed by atoms with van der Waals surface area (Å²) in [6.45, 7) is 1.93. The maximum Gasteiger partial charge on any atom is 0.167 e. The van der Waals surface area contributed by atoms with Gasteiger partial charge in [0.2, 0.25) is 0 Å². The summed E-state index contributed by atoms with van der Waals surface area (Å²) < 4.78 is 3.29. The van der Waals surface area contributed by atoms with Gasteiger partial charge in [-0.2, -0.15) is 5.10 Å². The van der Waals surface area contributed by atoms with Gasteiger partial charge in [-0.1, -0.05) is 0 Å². The molecule has 0 saturated heterocycles. The highest BCUT2D eigenvalue weighted by Gasteiger charge is 2.30. The Morgan fingerprint density at radius 3 is 2.74 bits per heavy atom. The number of hydrogen-bond acceptors (Lipinski definition) is 7. The summed E-state index contributed by atoms with van der Waals surface area (Å²) in [5.74, 6) is 1.88. The van der Waals surface area contributed by atoms with Crippen LogP contribution in [0.4, 0.5) is 0 Å². The number of pyridine rings is 1. The molecular weight excluding hydrogens is 344 g/mol. The molecule has 1 fully saturated rings. The summed E-state index contributed by atoms with van der Waals surface area (Å²) in [6.07, 6.45) is 5.43. The molecule has 5 rings (SSSR count). The molecule has 0 amide bonds. The van der Waals surface area contributed by atoms with Gasteiger partial charge in [-0.15, -0.1) is 5.10 Å². The van der Waals surface area contributed by atoms with Crippen LogP contribution in [0.15, 0.2) is 42.9 Å². The average molecular weight is 360 g/mol. The summed E-state index contributed by atoms with van der Waals surface area (Å²) in [5.41, 5.74) is 3.02. The second-order valence-corrected chi connectivity index (χ2v) is 6.59. The number of nitrogens with zero attached hydrogens (tertiary/aromatic N) is 8. The molecule has 1 aromatic carbocycles. The summed E-state index contributed by atoms with van der Waals surface area (Å²) in [5, 5.41) is 26.5. The van der Waals surface area contributed by atoms with Crippen molar-refractivity contribution in [2.75, 3.05) is 0 Å². The van der Waals surface area contributed by atoms with E-state index in [2.05, 4.69) is 20.5 Å². The lowest BCUT2D eigenvalue weighted by Gasteiger charge is -2.09. The zero-order valence-corrected chi connectivity index (χ0v) is 14.6. The molecule has 134 valence electrons. The first-order valence-corrected chi connectivity index (χ1v) is 8.66. The number of phenols is 1. The van der Waals surface area contributed by atoms with Crippen molar-refractivity contribution in [1.29, 1.82) is 0 Å². The van der Waals surface area contributed by atoms with Gasteiger partial charge in [0.1, 0.15) is 12.1 Å². The van der Waals surface area contributed by atoms with Crippen molar-refractivity contribution in [2.45, 2.75) is 25.7 Å². The molecule has 1 aliphatic rings. The zero-order chi connectivity index (χ0) is 18.4. The van der Waals surface area contributed by atoms with Crippen molar-refractivity contribution in [3.05, 3.63) is 54.4 Å². The summed E-state index contributed by atoms with van der Waals surface area (Å²) in [7, 11) is 0. The number of rotatable bonds is 4. The lowest BCUT2D eigenvalue weighted by molar-refractivity contribution is 0.476. The van der Waals surface area contributed by atoms with Gasteiger partial charge in [0.15, 0.2) is 11.6 Å². The molecule has 0 aliphatic heterocycles. The topological polar surface area (TPSA) is 107 Å². The number of hydrogen-bond donors (Lipinski definition) is 1. The molecule has 9 heteroatoms. The monoisotopic (exact) mass is 360 g/mol. The smallest absolute Gasteiger partial charge is 0.167 e. The molecule has 3 heterocycles. The number of aryl methyl sites for hydroxylation is 1. The SMILES string of the molecule is Cc1cc(-n2nc(C3CC3)nc2-c2cc(-n3cnnn3)ccc2O)ccn1. The first-order valence-electron chi connectivity index (χ1n) is 8.66. The van der Waals surface area contributed by atoms with E-state index in [0.717, 1.165) is 35.7 Å². The zero-order valence-electron chi connectivity index (χ0n) is 14.6. The fourth-order valence-corrected chi connectivity index (χ4v) is 2.98. The van der Waals surface area contributed by atoms with Gasteiger partial charge in [0, 0.05) is 17.8 Å². The Hall–Kier alpha value is -3.62. The van der Waals surface area contributed by atoms with E-state index in [-0.39, 0.29) is 5.75 Å². The van der Waals surface area contributed by atoms with Crippen molar-refractivity contribution in [1.82, 2.24) is 40.0 Å². The Labute approximate surface area is 154 Å². The van der Waals surface area contributed by atoms with E-state index < -0.39 is 0 Å².